The van der Waals surface area contributed by atoms with Gasteiger partial charge in [-0.1, -0.05) is 15.9 Å². The van der Waals surface area contributed by atoms with Crippen LogP contribution in [0.3, 0.4) is 0 Å². The fourth-order valence-electron chi connectivity index (χ4n) is 2.27. The Bertz CT molecular complexity index is 535. The first-order chi connectivity index (χ1) is 11.1. The van der Waals surface area contributed by atoms with Crippen LogP contribution in [0.15, 0.2) is 27.7 Å². The zero-order valence-electron chi connectivity index (χ0n) is 13.8. The van der Waals surface area contributed by atoms with E-state index in [1.165, 1.54) is 18.9 Å². The Morgan fingerprint density at radius 3 is 2.96 bits per heavy atom. The molecule has 0 heterocycles. The van der Waals surface area contributed by atoms with Gasteiger partial charge in [0.25, 0.3) is 0 Å². The number of nitrogens with zero attached hydrogens (tertiary/aromatic N) is 2. The first-order valence-corrected chi connectivity index (χ1v) is 8.83. The highest BCUT2D eigenvalue weighted by Crippen LogP contribution is 2.28. The highest BCUT2D eigenvalue weighted by Gasteiger charge is 2.21. The van der Waals surface area contributed by atoms with Crippen LogP contribution in [-0.2, 0) is 11.2 Å². The van der Waals surface area contributed by atoms with Crippen molar-refractivity contribution >= 4 is 21.9 Å². The number of benzene rings is 1. The van der Waals surface area contributed by atoms with E-state index in [0.717, 1.165) is 29.5 Å². The first-order valence-electron chi connectivity index (χ1n) is 8.03. The molecule has 1 aromatic carbocycles. The Morgan fingerprint density at radius 2 is 2.26 bits per heavy atom. The van der Waals surface area contributed by atoms with Crippen LogP contribution in [0.1, 0.15) is 18.4 Å². The largest absolute Gasteiger partial charge is 0.379 e. The van der Waals surface area contributed by atoms with Gasteiger partial charge in [-0.25, -0.2) is 4.39 Å². The lowest BCUT2D eigenvalue weighted by Crippen LogP contribution is -2.41. The Labute approximate surface area is 146 Å². The molecule has 0 saturated heterocycles. The summed E-state index contributed by atoms with van der Waals surface area (Å²) in [5.74, 6) is 1.42. The maximum absolute atomic E-state index is 13.7. The zero-order chi connectivity index (χ0) is 16.7. The number of rotatable bonds is 8. The normalized spacial score (nSPS) is 14.9. The molecule has 1 fully saturated rings. The Morgan fingerprint density at radius 1 is 1.48 bits per heavy atom. The number of guanidine groups is 1. The zero-order valence-corrected chi connectivity index (χ0v) is 15.4. The summed E-state index contributed by atoms with van der Waals surface area (Å²) < 4.78 is 20.2. The predicted molar refractivity (Wildman–Crippen MR) is 95.3 cm³/mol. The lowest BCUT2D eigenvalue weighted by Gasteiger charge is -2.22. The number of halogens is 2. The average molecular weight is 386 g/mol. The van der Waals surface area contributed by atoms with E-state index in [0.29, 0.717) is 25.1 Å². The quantitative estimate of drug-likeness (QED) is 0.424. The Balaban J connectivity index is 1.69. The summed E-state index contributed by atoms with van der Waals surface area (Å²) in [6.45, 7) is 3.00. The van der Waals surface area contributed by atoms with E-state index in [9.17, 15) is 4.39 Å². The summed E-state index contributed by atoms with van der Waals surface area (Å²) >= 11 is 3.37. The molecule has 128 valence electrons. The van der Waals surface area contributed by atoms with Crippen LogP contribution in [0, 0.1) is 11.7 Å². The Hall–Kier alpha value is -1.14. The summed E-state index contributed by atoms with van der Waals surface area (Å²) in [5.41, 5.74) is 0.692. The molecule has 2 rings (SSSR count). The van der Waals surface area contributed by atoms with E-state index < -0.39 is 0 Å². The van der Waals surface area contributed by atoms with Crippen LogP contribution in [0.4, 0.5) is 4.39 Å². The van der Waals surface area contributed by atoms with E-state index in [-0.39, 0.29) is 5.82 Å². The molecule has 0 atom stereocenters. The van der Waals surface area contributed by atoms with Gasteiger partial charge in [0, 0.05) is 38.3 Å². The summed E-state index contributed by atoms with van der Waals surface area (Å²) in [6.07, 6.45) is 3.23. The molecule has 23 heavy (non-hydrogen) atoms. The number of hydrogen-bond acceptors (Lipinski definition) is 2. The van der Waals surface area contributed by atoms with Crippen LogP contribution in [-0.4, -0.2) is 51.3 Å². The maximum Gasteiger partial charge on any atom is 0.193 e. The molecule has 0 unspecified atom stereocenters. The monoisotopic (exact) mass is 385 g/mol. The van der Waals surface area contributed by atoms with E-state index in [1.54, 1.807) is 13.1 Å². The fourth-order valence-corrected chi connectivity index (χ4v) is 2.68. The number of aliphatic imine (C=N–C) groups is 1. The standard InChI is InChI=1S/C17H25BrFN3O/c1-20-17(22(2)9-10-23-12-13-3-4-13)21-8-7-14-11-15(18)5-6-16(14)19/h5-6,11,13H,3-4,7-10,12H2,1-2H3,(H,20,21). The number of likely N-dealkylation sites (N-methyl/N-ethyl adjacent to an activating group) is 1. The molecule has 0 radical (unpaired) electrons. The number of ether oxygens (including phenoxy) is 1. The first kappa shape index (κ1) is 18.2. The second-order valence-electron chi connectivity index (χ2n) is 5.90. The summed E-state index contributed by atoms with van der Waals surface area (Å²) in [4.78, 5) is 6.29. The highest BCUT2D eigenvalue weighted by molar-refractivity contribution is 9.10. The van der Waals surface area contributed by atoms with Gasteiger partial charge >= 0.3 is 0 Å². The summed E-state index contributed by atoms with van der Waals surface area (Å²) in [7, 11) is 3.74. The van der Waals surface area contributed by atoms with Gasteiger partial charge < -0.3 is 15.0 Å². The third-order valence-electron chi connectivity index (χ3n) is 3.88. The van der Waals surface area contributed by atoms with Crippen molar-refractivity contribution in [3.05, 3.63) is 34.1 Å². The van der Waals surface area contributed by atoms with Crippen LogP contribution in [0.25, 0.3) is 0 Å². The van der Waals surface area contributed by atoms with Crippen molar-refractivity contribution in [1.29, 1.82) is 0 Å². The molecule has 0 aliphatic heterocycles. The van der Waals surface area contributed by atoms with Crippen molar-refractivity contribution in [2.75, 3.05) is 40.4 Å². The van der Waals surface area contributed by atoms with Gasteiger partial charge in [-0.15, -0.1) is 0 Å². The molecule has 1 aromatic rings. The molecular formula is C17H25BrFN3O. The maximum atomic E-state index is 13.7. The molecule has 0 bridgehead atoms. The lowest BCUT2D eigenvalue weighted by molar-refractivity contribution is 0.115. The van der Waals surface area contributed by atoms with E-state index in [4.69, 9.17) is 4.74 Å². The van der Waals surface area contributed by atoms with Crippen molar-refractivity contribution in [2.45, 2.75) is 19.3 Å². The van der Waals surface area contributed by atoms with Gasteiger partial charge in [0.15, 0.2) is 5.96 Å². The molecule has 1 saturated carbocycles. The van der Waals surface area contributed by atoms with E-state index in [1.807, 2.05) is 18.0 Å². The van der Waals surface area contributed by atoms with Crippen molar-refractivity contribution in [3.63, 3.8) is 0 Å². The number of nitrogens with one attached hydrogen (secondary N) is 1. The van der Waals surface area contributed by atoms with Crippen molar-refractivity contribution in [3.8, 4) is 0 Å². The molecule has 1 N–H and O–H groups in total. The van der Waals surface area contributed by atoms with Crippen molar-refractivity contribution in [1.82, 2.24) is 10.2 Å². The molecular weight excluding hydrogens is 361 g/mol. The third-order valence-corrected chi connectivity index (χ3v) is 4.37. The SMILES string of the molecule is CN=C(NCCc1cc(Br)ccc1F)N(C)CCOCC1CC1. The van der Waals surface area contributed by atoms with Gasteiger partial charge in [0.05, 0.1) is 6.61 Å². The molecule has 0 amide bonds. The minimum atomic E-state index is -0.174. The minimum Gasteiger partial charge on any atom is -0.379 e. The highest BCUT2D eigenvalue weighted by atomic mass is 79.9. The molecule has 0 spiro atoms. The minimum absolute atomic E-state index is 0.174. The summed E-state index contributed by atoms with van der Waals surface area (Å²) in [6, 6.07) is 5.01. The fraction of sp³-hybridized carbons (Fsp3) is 0.588. The van der Waals surface area contributed by atoms with Crippen LogP contribution < -0.4 is 5.32 Å². The van der Waals surface area contributed by atoms with Crippen molar-refractivity contribution in [2.24, 2.45) is 10.9 Å². The second kappa shape index (κ2) is 9.23. The molecule has 4 nitrogen and oxygen atoms in total. The van der Waals surface area contributed by atoms with E-state index in [2.05, 4.69) is 26.2 Å². The molecule has 1 aliphatic rings. The van der Waals surface area contributed by atoms with E-state index >= 15 is 0 Å². The molecule has 1 aliphatic carbocycles. The van der Waals surface area contributed by atoms with Gasteiger partial charge in [-0.05, 0) is 48.9 Å². The topological polar surface area (TPSA) is 36.9 Å². The van der Waals surface area contributed by atoms with Gasteiger partial charge in [0.1, 0.15) is 5.82 Å². The van der Waals surface area contributed by atoms with Crippen LogP contribution >= 0.6 is 15.9 Å². The summed E-state index contributed by atoms with van der Waals surface area (Å²) in [5, 5.41) is 3.26. The molecule has 6 heteroatoms. The number of hydrogen-bond donors (Lipinski definition) is 1. The van der Waals surface area contributed by atoms with Gasteiger partial charge in [0.2, 0.25) is 0 Å². The predicted octanol–water partition coefficient (Wildman–Crippen LogP) is 3.06. The molecule has 0 aromatic heterocycles. The average Bonchev–Trinajstić information content (AvgIpc) is 3.35. The smallest absolute Gasteiger partial charge is 0.193 e. The lowest BCUT2D eigenvalue weighted by atomic mass is 10.1. The van der Waals surface area contributed by atoms with Gasteiger partial charge in [-0.2, -0.15) is 0 Å². The second-order valence-corrected chi connectivity index (χ2v) is 6.82. The Kier molecular flexibility index (Phi) is 7.30. The van der Waals surface area contributed by atoms with Crippen LogP contribution in [0.2, 0.25) is 0 Å². The third kappa shape index (κ3) is 6.47. The van der Waals surface area contributed by atoms with Gasteiger partial charge in [-0.3, -0.25) is 4.99 Å². The van der Waals surface area contributed by atoms with Crippen LogP contribution in [0.5, 0.6) is 0 Å². The van der Waals surface area contributed by atoms with Crippen molar-refractivity contribution < 1.29 is 9.13 Å².